The van der Waals surface area contributed by atoms with Gasteiger partial charge in [-0.15, -0.1) is 5.73 Å². The number of hydrogen-bond acceptors (Lipinski definition) is 3. The monoisotopic (exact) mass is 176 g/mol. The first-order chi connectivity index (χ1) is 6.22. The summed E-state index contributed by atoms with van der Waals surface area (Å²) in [5.41, 5.74) is 3.57. The van der Waals surface area contributed by atoms with Crippen molar-refractivity contribution < 1.29 is 14.3 Å². The third-order valence-corrected chi connectivity index (χ3v) is 2.38. The quantitative estimate of drug-likeness (QED) is 0.314. The van der Waals surface area contributed by atoms with Gasteiger partial charge in [0.25, 0.3) is 0 Å². The predicted molar refractivity (Wildman–Crippen MR) is 44.5 cm³/mol. The zero-order valence-electron chi connectivity index (χ0n) is 6.95. The summed E-state index contributed by atoms with van der Waals surface area (Å²) in [5.74, 6) is -1.59. The Labute approximate surface area is 75.4 Å². The van der Waals surface area contributed by atoms with E-state index in [1.54, 1.807) is 12.2 Å². The third-order valence-electron chi connectivity index (χ3n) is 2.38. The molecule has 0 bridgehead atoms. The lowest BCUT2D eigenvalue weighted by Crippen LogP contribution is -2.19. The van der Waals surface area contributed by atoms with E-state index in [1.807, 2.05) is 0 Å². The van der Waals surface area contributed by atoms with Gasteiger partial charge in [-0.3, -0.25) is 9.59 Å². The van der Waals surface area contributed by atoms with Gasteiger partial charge in [-0.1, -0.05) is 18.7 Å². The maximum Gasteiger partial charge on any atom is 0.321 e. The van der Waals surface area contributed by atoms with Crippen molar-refractivity contribution in [2.24, 2.45) is 11.8 Å². The van der Waals surface area contributed by atoms with Crippen LogP contribution in [0.25, 0.3) is 0 Å². The normalized spacial score (nSPS) is 31.2. The van der Waals surface area contributed by atoms with Crippen molar-refractivity contribution in [3.8, 4) is 0 Å². The molecule has 1 aliphatic heterocycles. The lowest BCUT2D eigenvalue weighted by atomic mass is 9.84. The Bertz CT molecular complexity index is 358. The fourth-order valence-electron chi connectivity index (χ4n) is 1.63. The highest BCUT2D eigenvalue weighted by Crippen LogP contribution is 2.34. The molecular weight excluding hydrogens is 168 g/mol. The molecule has 2 unspecified atom stereocenters. The highest BCUT2D eigenvalue weighted by molar-refractivity contribution is 5.98. The summed E-state index contributed by atoms with van der Waals surface area (Å²) < 4.78 is 4.51. The van der Waals surface area contributed by atoms with Crippen LogP contribution in [0.5, 0.6) is 0 Å². The molecule has 0 aromatic rings. The van der Waals surface area contributed by atoms with Crippen molar-refractivity contribution in [1.82, 2.24) is 0 Å². The third kappa shape index (κ3) is 1.14. The minimum Gasteiger partial charge on any atom is -0.392 e. The van der Waals surface area contributed by atoms with Crippen LogP contribution in [-0.4, -0.2) is 11.9 Å². The summed E-state index contributed by atoms with van der Waals surface area (Å²) in [6.45, 7) is 3.49. The predicted octanol–water partition coefficient (Wildman–Crippen LogP) is 0.973. The molecule has 0 amide bonds. The number of carbonyl (C=O) groups is 2. The van der Waals surface area contributed by atoms with E-state index in [-0.39, 0.29) is 11.8 Å². The van der Waals surface area contributed by atoms with Gasteiger partial charge in [0.15, 0.2) is 0 Å². The maximum absolute atomic E-state index is 11.1. The van der Waals surface area contributed by atoms with Crippen molar-refractivity contribution in [3.63, 3.8) is 0 Å². The zero-order chi connectivity index (χ0) is 9.42. The SMILES string of the molecule is C=C=C1C=CC2C(=O)OC(=O)C2C1. The van der Waals surface area contributed by atoms with Crippen LogP contribution in [0, 0.1) is 11.8 Å². The first kappa shape index (κ1) is 8.02. The molecule has 1 saturated heterocycles. The van der Waals surface area contributed by atoms with E-state index in [1.165, 1.54) is 0 Å². The number of esters is 2. The topological polar surface area (TPSA) is 43.4 Å². The Morgan fingerprint density at radius 3 is 2.92 bits per heavy atom. The molecule has 1 fully saturated rings. The van der Waals surface area contributed by atoms with Gasteiger partial charge in [0.2, 0.25) is 0 Å². The second kappa shape index (κ2) is 2.71. The van der Waals surface area contributed by atoms with E-state index in [4.69, 9.17) is 0 Å². The molecule has 1 aliphatic carbocycles. The van der Waals surface area contributed by atoms with Crippen LogP contribution in [0.2, 0.25) is 0 Å². The molecule has 1 heterocycles. The molecule has 0 spiro atoms. The van der Waals surface area contributed by atoms with Gasteiger partial charge in [-0.2, -0.15) is 0 Å². The Morgan fingerprint density at radius 2 is 2.23 bits per heavy atom. The Kier molecular flexibility index (Phi) is 1.67. The van der Waals surface area contributed by atoms with Gasteiger partial charge in [0.05, 0.1) is 11.8 Å². The van der Waals surface area contributed by atoms with E-state index in [2.05, 4.69) is 17.0 Å². The molecular formula is C10H8O3. The van der Waals surface area contributed by atoms with Crippen LogP contribution < -0.4 is 0 Å². The van der Waals surface area contributed by atoms with E-state index in [0.29, 0.717) is 6.42 Å². The van der Waals surface area contributed by atoms with E-state index < -0.39 is 11.9 Å². The summed E-state index contributed by atoms with van der Waals surface area (Å²) in [6.07, 6.45) is 3.97. The van der Waals surface area contributed by atoms with Crippen LogP contribution in [-0.2, 0) is 14.3 Å². The van der Waals surface area contributed by atoms with Crippen LogP contribution in [0.3, 0.4) is 0 Å². The fraction of sp³-hybridized carbons (Fsp3) is 0.300. The molecule has 3 nitrogen and oxygen atoms in total. The Balaban J connectivity index is 2.37. The number of ether oxygens (including phenoxy) is 1. The van der Waals surface area contributed by atoms with E-state index in [9.17, 15) is 9.59 Å². The second-order valence-corrected chi connectivity index (χ2v) is 3.14. The van der Waals surface area contributed by atoms with Gasteiger partial charge in [-0.25, -0.2) is 0 Å². The van der Waals surface area contributed by atoms with Gasteiger partial charge >= 0.3 is 11.9 Å². The number of hydrogen-bond donors (Lipinski definition) is 0. The van der Waals surface area contributed by atoms with Crippen LogP contribution in [0.1, 0.15) is 6.42 Å². The van der Waals surface area contributed by atoms with Crippen molar-refractivity contribution in [3.05, 3.63) is 30.0 Å². The minimum atomic E-state index is -0.436. The first-order valence-corrected chi connectivity index (χ1v) is 4.05. The fourth-order valence-corrected chi connectivity index (χ4v) is 1.63. The molecule has 66 valence electrons. The molecule has 0 saturated carbocycles. The summed E-state index contributed by atoms with van der Waals surface area (Å²) >= 11 is 0. The Hall–Kier alpha value is -1.60. The van der Waals surface area contributed by atoms with E-state index >= 15 is 0 Å². The highest BCUT2D eigenvalue weighted by atomic mass is 16.6. The number of carbonyl (C=O) groups excluding carboxylic acids is 2. The van der Waals surface area contributed by atoms with Crippen molar-refractivity contribution in [2.45, 2.75) is 6.42 Å². The smallest absolute Gasteiger partial charge is 0.321 e. The van der Waals surface area contributed by atoms with Crippen molar-refractivity contribution in [1.29, 1.82) is 0 Å². The van der Waals surface area contributed by atoms with Gasteiger partial charge in [0.1, 0.15) is 0 Å². The molecule has 0 aromatic carbocycles. The molecule has 2 atom stereocenters. The lowest BCUT2D eigenvalue weighted by molar-refractivity contribution is -0.153. The summed E-state index contributed by atoms with van der Waals surface area (Å²) in [7, 11) is 0. The van der Waals surface area contributed by atoms with Crippen LogP contribution in [0.15, 0.2) is 30.0 Å². The number of fused-ring (bicyclic) bond motifs is 1. The van der Waals surface area contributed by atoms with Crippen LogP contribution in [0.4, 0.5) is 0 Å². The molecule has 3 heteroatoms. The van der Waals surface area contributed by atoms with Crippen molar-refractivity contribution >= 4 is 11.9 Å². The molecule has 0 aromatic heterocycles. The molecule has 0 N–H and O–H groups in total. The zero-order valence-corrected chi connectivity index (χ0v) is 6.95. The molecule has 2 aliphatic rings. The standard InChI is InChI=1S/C10H8O3/c1-2-6-3-4-7-8(5-6)10(12)13-9(7)11/h3-4,7-8H,1,5H2. The molecule has 0 radical (unpaired) electrons. The van der Waals surface area contributed by atoms with Crippen molar-refractivity contribution in [2.75, 3.05) is 0 Å². The van der Waals surface area contributed by atoms with Gasteiger partial charge < -0.3 is 4.74 Å². The summed E-state index contributed by atoms with van der Waals surface area (Å²) in [4.78, 5) is 22.2. The number of rotatable bonds is 0. The Morgan fingerprint density at radius 1 is 1.46 bits per heavy atom. The number of allylic oxidation sites excluding steroid dienone is 2. The summed E-state index contributed by atoms with van der Waals surface area (Å²) in [6, 6.07) is 0. The lowest BCUT2D eigenvalue weighted by Gasteiger charge is -2.14. The van der Waals surface area contributed by atoms with Crippen LogP contribution >= 0.6 is 0 Å². The maximum atomic E-state index is 11.1. The van der Waals surface area contributed by atoms with Gasteiger partial charge in [-0.05, 0) is 12.0 Å². The molecule has 2 rings (SSSR count). The average Bonchev–Trinajstić information content (AvgIpc) is 2.42. The summed E-state index contributed by atoms with van der Waals surface area (Å²) in [5, 5.41) is 0. The molecule has 13 heavy (non-hydrogen) atoms. The van der Waals surface area contributed by atoms with E-state index in [0.717, 1.165) is 5.57 Å². The largest absolute Gasteiger partial charge is 0.392 e. The average molecular weight is 176 g/mol. The number of cyclic esters (lactones) is 2. The van der Waals surface area contributed by atoms with Gasteiger partial charge in [0, 0.05) is 0 Å². The first-order valence-electron chi connectivity index (χ1n) is 4.05. The highest BCUT2D eigenvalue weighted by Gasteiger charge is 2.44. The second-order valence-electron chi connectivity index (χ2n) is 3.14. The minimum absolute atomic E-state index is 0.346.